The van der Waals surface area contributed by atoms with Crippen LogP contribution >= 0.6 is 33.9 Å². The van der Waals surface area contributed by atoms with Crippen molar-refractivity contribution in [3.05, 3.63) is 19.9 Å². The molecule has 0 amide bonds. The van der Waals surface area contributed by atoms with Crippen LogP contribution in [0.25, 0.3) is 0 Å². The number of hydrogen-bond donors (Lipinski definition) is 2. The van der Waals surface area contributed by atoms with E-state index in [1.807, 2.05) is 0 Å². The largest absolute Gasteiger partial charge is 0.381 e. The number of ether oxygens (including phenoxy) is 1. The normalized spacial score (nSPS) is 18.6. The number of nitrogens with two attached hydrogens (primary N) is 1. The molecule has 0 spiro atoms. The number of thiophene rings is 1. The van der Waals surface area contributed by atoms with Gasteiger partial charge in [0.25, 0.3) is 0 Å². The number of hydrazine groups is 1. The summed E-state index contributed by atoms with van der Waals surface area (Å²) in [5.74, 6) is 6.56. The zero-order valence-electron chi connectivity index (χ0n) is 11.2. The van der Waals surface area contributed by atoms with Crippen LogP contribution in [-0.2, 0) is 4.74 Å². The molecule has 0 saturated carbocycles. The third-order valence-electron chi connectivity index (χ3n) is 3.89. The molecule has 19 heavy (non-hydrogen) atoms. The SMILES string of the molecule is NNC(CCCCC1CCOCC1)c1csc(I)c1. The molecule has 0 aromatic carbocycles. The zero-order valence-corrected chi connectivity index (χ0v) is 14.2. The molecule has 1 aliphatic rings. The first-order valence-corrected chi connectivity index (χ1v) is 9.03. The molecule has 3 nitrogen and oxygen atoms in total. The predicted molar refractivity (Wildman–Crippen MR) is 89.1 cm³/mol. The van der Waals surface area contributed by atoms with E-state index in [0.717, 1.165) is 25.6 Å². The average molecular weight is 394 g/mol. The Bertz CT molecular complexity index is 366. The molecule has 1 aromatic heterocycles. The second kappa shape index (κ2) is 8.56. The van der Waals surface area contributed by atoms with Crippen LogP contribution in [0.3, 0.4) is 0 Å². The van der Waals surface area contributed by atoms with Crippen LogP contribution in [0.4, 0.5) is 0 Å². The molecule has 2 rings (SSSR count). The Morgan fingerprint density at radius 3 is 2.84 bits per heavy atom. The van der Waals surface area contributed by atoms with Gasteiger partial charge in [-0.05, 0) is 64.8 Å². The first-order chi connectivity index (χ1) is 9.29. The van der Waals surface area contributed by atoms with Crippen LogP contribution in [0.15, 0.2) is 11.4 Å². The molecule has 5 heteroatoms. The molecule has 1 unspecified atom stereocenters. The Hall–Kier alpha value is 0.310. The van der Waals surface area contributed by atoms with Gasteiger partial charge in [0, 0.05) is 19.3 Å². The molecule has 1 atom stereocenters. The van der Waals surface area contributed by atoms with Crippen molar-refractivity contribution < 1.29 is 4.74 Å². The topological polar surface area (TPSA) is 47.3 Å². The Morgan fingerprint density at radius 2 is 2.21 bits per heavy atom. The predicted octanol–water partition coefficient (Wildman–Crippen LogP) is 3.84. The van der Waals surface area contributed by atoms with E-state index in [0.29, 0.717) is 6.04 Å². The van der Waals surface area contributed by atoms with E-state index < -0.39 is 0 Å². The molecule has 0 aliphatic carbocycles. The van der Waals surface area contributed by atoms with Crippen LogP contribution in [0, 0.1) is 8.80 Å². The molecule has 0 bridgehead atoms. The maximum absolute atomic E-state index is 5.67. The van der Waals surface area contributed by atoms with E-state index in [9.17, 15) is 0 Å². The Kier molecular flexibility index (Phi) is 7.07. The van der Waals surface area contributed by atoms with Gasteiger partial charge in [0.1, 0.15) is 0 Å². The van der Waals surface area contributed by atoms with Crippen molar-refractivity contribution >= 4 is 33.9 Å². The van der Waals surface area contributed by atoms with Gasteiger partial charge in [-0.1, -0.05) is 19.3 Å². The van der Waals surface area contributed by atoms with Crippen molar-refractivity contribution in [2.45, 2.75) is 44.6 Å². The smallest absolute Gasteiger partial charge is 0.0656 e. The number of hydrogen-bond acceptors (Lipinski definition) is 4. The van der Waals surface area contributed by atoms with Crippen molar-refractivity contribution in [2.75, 3.05) is 13.2 Å². The lowest BCUT2D eigenvalue weighted by Gasteiger charge is -2.22. The summed E-state index contributed by atoms with van der Waals surface area (Å²) in [7, 11) is 0. The fourth-order valence-corrected chi connectivity index (χ4v) is 4.09. The molecule has 0 radical (unpaired) electrons. The summed E-state index contributed by atoms with van der Waals surface area (Å²) in [6, 6.07) is 2.54. The van der Waals surface area contributed by atoms with E-state index in [-0.39, 0.29) is 0 Å². The third-order valence-corrected chi connectivity index (χ3v) is 5.69. The second-order valence-corrected chi connectivity index (χ2v) is 8.05. The Labute approximate surface area is 133 Å². The third kappa shape index (κ3) is 5.30. The maximum Gasteiger partial charge on any atom is 0.0656 e. The van der Waals surface area contributed by atoms with Gasteiger partial charge in [0.2, 0.25) is 0 Å². The summed E-state index contributed by atoms with van der Waals surface area (Å²) in [5.41, 5.74) is 4.29. The van der Waals surface area contributed by atoms with Gasteiger partial charge in [0.05, 0.1) is 2.88 Å². The lowest BCUT2D eigenvalue weighted by Crippen LogP contribution is -2.27. The highest BCUT2D eigenvalue weighted by molar-refractivity contribution is 14.1. The lowest BCUT2D eigenvalue weighted by atomic mass is 9.93. The fourth-order valence-electron chi connectivity index (χ4n) is 2.67. The molecular formula is C14H23IN2OS. The van der Waals surface area contributed by atoms with Gasteiger partial charge in [0.15, 0.2) is 0 Å². The number of rotatable bonds is 7. The van der Waals surface area contributed by atoms with Crippen LogP contribution < -0.4 is 11.3 Å². The lowest BCUT2D eigenvalue weighted by molar-refractivity contribution is 0.0630. The van der Waals surface area contributed by atoms with Crippen LogP contribution in [0.1, 0.15) is 50.1 Å². The summed E-state index contributed by atoms with van der Waals surface area (Å²) >= 11 is 4.15. The number of unbranched alkanes of at least 4 members (excludes halogenated alkanes) is 1. The van der Waals surface area contributed by atoms with Gasteiger partial charge < -0.3 is 4.74 Å². The highest BCUT2D eigenvalue weighted by Crippen LogP contribution is 2.27. The summed E-state index contributed by atoms with van der Waals surface area (Å²) in [5, 5.41) is 2.21. The van der Waals surface area contributed by atoms with Crippen LogP contribution in [0.2, 0.25) is 0 Å². The van der Waals surface area contributed by atoms with Gasteiger partial charge in [-0.3, -0.25) is 11.3 Å². The van der Waals surface area contributed by atoms with Crippen molar-refractivity contribution in [3.8, 4) is 0 Å². The minimum atomic E-state index is 0.314. The summed E-state index contributed by atoms with van der Waals surface area (Å²) in [4.78, 5) is 0. The van der Waals surface area contributed by atoms with Crippen molar-refractivity contribution in [2.24, 2.45) is 11.8 Å². The highest BCUT2D eigenvalue weighted by atomic mass is 127. The van der Waals surface area contributed by atoms with Gasteiger partial charge in [-0.2, -0.15) is 0 Å². The second-order valence-electron chi connectivity index (χ2n) is 5.24. The summed E-state index contributed by atoms with van der Waals surface area (Å²) < 4.78 is 6.72. The molecular weight excluding hydrogens is 371 g/mol. The monoisotopic (exact) mass is 394 g/mol. The van der Waals surface area contributed by atoms with Crippen LogP contribution in [0.5, 0.6) is 0 Å². The molecule has 1 saturated heterocycles. The minimum Gasteiger partial charge on any atom is -0.381 e. The van der Waals surface area contributed by atoms with Crippen molar-refractivity contribution in [1.82, 2.24) is 5.43 Å². The Morgan fingerprint density at radius 1 is 1.42 bits per heavy atom. The fraction of sp³-hybridized carbons (Fsp3) is 0.714. The van der Waals surface area contributed by atoms with E-state index in [2.05, 4.69) is 39.5 Å². The van der Waals surface area contributed by atoms with E-state index in [4.69, 9.17) is 10.6 Å². The molecule has 3 N–H and O–H groups in total. The highest BCUT2D eigenvalue weighted by Gasteiger charge is 2.14. The number of halogens is 1. The number of nitrogens with one attached hydrogen (secondary N) is 1. The first kappa shape index (κ1) is 15.7. The minimum absolute atomic E-state index is 0.314. The molecule has 1 fully saturated rings. The van der Waals surface area contributed by atoms with E-state index >= 15 is 0 Å². The van der Waals surface area contributed by atoms with Gasteiger partial charge in [-0.15, -0.1) is 11.3 Å². The molecule has 108 valence electrons. The van der Waals surface area contributed by atoms with Gasteiger partial charge in [-0.25, -0.2) is 0 Å². The quantitative estimate of drug-likeness (QED) is 0.320. The van der Waals surface area contributed by atoms with Gasteiger partial charge >= 0.3 is 0 Å². The van der Waals surface area contributed by atoms with Crippen molar-refractivity contribution in [3.63, 3.8) is 0 Å². The summed E-state index contributed by atoms with van der Waals surface area (Å²) in [6.45, 7) is 1.93. The standard InChI is InChI=1S/C14H23IN2OS/c15-14-9-12(10-19-14)13(17-16)4-2-1-3-11-5-7-18-8-6-11/h9-11,13,17H,1-8,16H2. The van der Waals surface area contributed by atoms with Crippen LogP contribution in [-0.4, -0.2) is 13.2 Å². The van der Waals surface area contributed by atoms with Crippen molar-refractivity contribution in [1.29, 1.82) is 0 Å². The first-order valence-electron chi connectivity index (χ1n) is 7.07. The van der Waals surface area contributed by atoms with E-state index in [1.165, 1.54) is 40.6 Å². The zero-order chi connectivity index (χ0) is 13.5. The Balaban J connectivity index is 1.65. The molecule has 1 aromatic rings. The molecule has 1 aliphatic heterocycles. The molecule has 2 heterocycles. The summed E-state index contributed by atoms with van der Waals surface area (Å²) in [6.07, 6.45) is 7.54. The average Bonchev–Trinajstić information content (AvgIpc) is 2.86. The van der Waals surface area contributed by atoms with E-state index in [1.54, 1.807) is 11.3 Å². The maximum atomic E-state index is 5.67.